The molecule has 3 aromatic rings. The molecule has 1 aromatic carbocycles. The number of nitrogens with one attached hydrogen (secondary N) is 1. The number of carbonyl (C=O) groups is 1. The fourth-order valence-corrected chi connectivity index (χ4v) is 4.48. The van der Waals surface area contributed by atoms with E-state index in [2.05, 4.69) is 23.2 Å². The number of aromatic nitrogens is 4. The fraction of sp³-hybridized carbons (Fsp3) is 0.500. The first-order chi connectivity index (χ1) is 16.4. The van der Waals surface area contributed by atoms with Crippen LogP contribution in [0.4, 0.5) is 11.9 Å². The summed E-state index contributed by atoms with van der Waals surface area (Å²) in [6, 6.07) is 6.26. The second-order valence-corrected chi connectivity index (χ2v) is 9.73. The van der Waals surface area contributed by atoms with Crippen LogP contribution in [0.1, 0.15) is 41.6 Å². The number of anilines is 2. The standard InChI is InChI=1S/C24H32BN7O2/c1-15-12-17(4-7-19(15)22(33)27-18-5-6-18)20-13-26-32-21(20)28-23(30(2)3)29-24(32)31(25)14-16-8-10-34-11-9-16/h4,7,12-13,16,18H,5-6,8-11,14,25H2,1-3H3,(H,27,33). The van der Waals surface area contributed by atoms with Gasteiger partial charge in [-0.3, -0.25) is 4.79 Å². The topological polar surface area (TPSA) is 87.9 Å². The SMILES string of the molecule is BN(CC1CCOCC1)c1nc(N(C)C)nc2c(-c3ccc(C(=O)NC4CC4)c(C)c3)cnn12. The van der Waals surface area contributed by atoms with E-state index in [0.717, 1.165) is 73.7 Å². The third-order valence-corrected chi connectivity index (χ3v) is 6.65. The highest BCUT2D eigenvalue weighted by atomic mass is 16.5. The predicted molar refractivity (Wildman–Crippen MR) is 135 cm³/mol. The van der Waals surface area contributed by atoms with E-state index in [4.69, 9.17) is 14.7 Å². The molecule has 0 atom stereocenters. The summed E-state index contributed by atoms with van der Waals surface area (Å²) in [4.78, 5) is 26.3. The van der Waals surface area contributed by atoms with Crippen LogP contribution in [0.2, 0.25) is 0 Å². The molecule has 1 N–H and O–H groups in total. The zero-order valence-electron chi connectivity index (χ0n) is 20.4. The molecule has 1 amide bonds. The van der Waals surface area contributed by atoms with Gasteiger partial charge in [0.25, 0.3) is 5.91 Å². The van der Waals surface area contributed by atoms with Gasteiger partial charge in [-0.2, -0.15) is 19.6 Å². The molecule has 0 radical (unpaired) electrons. The van der Waals surface area contributed by atoms with Crippen LogP contribution < -0.4 is 15.0 Å². The van der Waals surface area contributed by atoms with Crippen molar-refractivity contribution in [1.29, 1.82) is 0 Å². The van der Waals surface area contributed by atoms with E-state index >= 15 is 0 Å². The van der Waals surface area contributed by atoms with E-state index in [1.54, 1.807) is 0 Å². The molecular weight excluding hydrogens is 429 g/mol. The van der Waals surface area contributed by atoms with E-state index in [0.29, 0.717) is 23.5 Å². The first kappa shape index (κ1) is 22.6. The third kappa shape index (κ3) is 4.59. The summed E-state index contributed by atoms with van der Waals surface area (Å²) in [5.41, 5.74) is 4.31. The summed E-state index contributed by atoms with van der Waals surface area (Å²) >= 11 is 0. The van der Waals surface area contributed by atoms with E-state index in [9.17, 15) is 4.79 Å². The van der Waals surface area contributed by atoms with Gasteiger partial charge in [0.1, 0.15) is 0 Å². The van der Waals surface area contributed by atoms with Gasteiger partial charge >= 0.3 is 0 Å². The Balaban J connectivity index is 1.50. The quantitative estimate of drug-likeness (QED) is 0.538. The van der Waals surface area contributed by atoms with Gasteiger partial charge in [-0.25, -0.2) is 0 Å². The van der Waals surface area contributed by atoms with Crippen molar-refractivity contribution in [1.82, 2.24) is 24.9 Å². The number of ether oxygens (including phenoxy) is 1. The summed E-state index contributed by atoms with van der Waals surface area (Å²) in [5, 5.41) is 7.75. The summed E-state index contributed by atoms with van der Waals surface area (Å²) in [6.45, 7) is 4.51. The van der Waals surface area contributed by atoms with Gasteiger partial charge < -0.3 is 19.8 Å². The Morgan fingerprint density at radius 1 is 1.21 bits per heavy atom. The maximum absolute atomic E-state index is 12.6. The summed E-state index contributed by atoms with van der Waals surface area (Å²) in [5.74, 6) is 1.98. The van der Waals surface area contributed by atoms with Gasteiger partial charge in [0.2, 0.25) is 19.9 Å². The number of hydrogen-bond acceptors (Lipinski definition) is 7. The lowest BCUT2D eigenvalue weighted by atomic mass is 9.98. The minimum absolute atomic E-state index is 0.000608. The van der Waals surface area contributed by atoms with Gasteiger partial charge in [0.05, 0.1) is 6.20 Å². The molecular formula is C24H32BN7O2. The molecule has 2 fully saturated rings. The van der Waals surface area contributed by atoms with Gasteiger partial charge in [-0.15, -0.1) is 0 Å². The predicted octanol–water partition coefficient (Wildman–Crippen LogP) is 1.84. The molecule has 9 nitrogen and oxygen atoms in total. The number of hydrogen-bond donors (Lipinski definition) is 1. The van der Waals surface area contributed by atoms with Crippen LogP contribution in [0.25, 0.3) is 16.8 Å². The normalized spacial score (nSPS) is 16.6. The molecule has 0 spiro atoms. The average Bonchev–Trinajstić information content (AvgIpc) is 3.53. The first-order valence-corrected chi connectivity index (χ1v) is 12.0. The van der Waals surface area contributed by atoms with Crippen molar-refractivity contribution in [3.8, 4) is 11.1 Å². The summed E-state index contributed by atoms with van der Waals surface area (Å²) in [7, 11) is 5.96. The van der Waals surface area contributed by atoms with Crippen LogP contribution in [0.5, 0.6) is 0 Å². The van der Waals surface area contributed by atoms with Crippen molar-refractivity contribution in [2.24, 2.45) is 5.92 Å². The molecule has 0 unspecified atom stereocenters. The maximum atomic E-state index is 12.6. The second-order valence-electron chi connectivity index (χ2n) is 9.73. The molecule has 2 aliphatic rings. The Labute approximate surface area is 200 Å². The Morgan fingerprint density at radius 3 is 2.65 bits per heavy atom. The van der Waals surface area contributed by atoms with Crippen LogP contribution in [-0.4, -0.2) is 73.4 Å². The molecule has 1 saturated carbocycles. The zero-order valence-corrected chi connectivity index (χ0v) is 20.4. The highest BCUT2D eigenvalue weighted by molar-refractivity contribution is 6.17. The number of carbonyl (C=O) groups excluding carboxylic acids is 1. The van der Waals surface area contributed by atoms with E-state index < -0.39 is 0 Å². The number of rotatable bonds is 7. The minimum atomic E-state index is 0.000608. The van der Waals surface area contributed by atoms with E-state index in [1.165, 1.54) is 0 Å². The second kappa shape index (κ2) is 9.25. The lowest BCUT2D eigenvalue weighted by Crippen LogP contribution is -2.33. The van der Waals surface area contributed by atoms with Crippen molar-refractivity contribution >= 4 is 31.4 Å². The van der Waals surface area contributed by atoms with Gasteiger partial charge in [0.15, 0.2) is 5.65 Å². The van der Waals surface area contributed by atoms with Crippen LogP contribution in [-0.2, 0) is 4.74 Å². The molecule has 1 aliphatic carbocycles. The Morgan fingerprint density at radius 2 is 1.97 bits per heavy atom. The number of amides is 1. The van der Waals surface area contributed by atoms with Crippen LogP contribution in [0.3, 0.4) is 0 Å². The molecule has 10 heteroatoms. The largest absolute Gasteiger partial charge is 0.391 e. The van der Waals surface area contributed by atoms with Crippen LogP contribution in [0.15, 0.2) is 24.4 Å². The molecule has 0 bridgehead atoms. The number of benzene rings is 1. The van der Waals surface area contributed by atoms with Crippen molar-refractivity contribution in [2.75, 3.05) is 43.6 Å². The molecule has 1 saturated heterocycles. The van der Waals surface area contributed by atoms with Crippen molar-refractivity contribution in [3.63, 3.8) is 0 Å². The summed E-state index contributed by atoms with van der Waals surface area (Å²) < 4.78 is 7.35. The summed E-state index contributed by atoms with van der Waals surface area (Å²) in [6.07, 6.45) is 6.11. The fourth-order valence-electron chi connectivity index (χ4n) is 4.48. The Hall–Kier alpha value is -3.14. The van der Waals surface area contributed by atoms with Crippen LogP contribution in [0, 0.1) is 12.8 Å². The highest BCUT2D eigenvalue weighted by Gasteiger charge is 2.25. The maximum Gasteiger partial charge on any atom is 0.251 e. The van der Waals surface area contributed by atoms with Crippen LogP contribution >= 0.6 is 0 Å². The highest BCUT2D eigenvalue weighted by Crippen LogP contribution is 2.29. The molecule has 5 rings (SSSR count). The minimum Gasteiger partial charge on any atom is -0.391 e. The lowest BCUT2D eigenvalue weighted by Gasteiger charge is -2.28. The van der Waals surface area contributed by atoms with E-state index in [1.807, 2.05) is 54.8 Å². The third-order valence-electron chi connectivity index (χ3n) is 6.65. The molecule has 178 valence electrons. The molecule has 3 heterocycles. The van der Waals surface area contributed by atoms with E-state index in [-0.39, 0.29) is 5.91 Å². The average molecular weight is 461 g/mol. The monoisotopic (exact) mass is 461 g/mol. The van der Waals surface area contributed by atoms with Gasteiger partial charge in [-0.05, 0) is 55.7 Å². The number of fused-ring (bicyclic) bond motifs is 1. The van der Waals surface area contributed by atoms with Crippen molar-refractivity contribution < 1.29 is 9.53 Å². The molecule has 2 aromatic heterocycles. The first-order valence-electron chi connectivity index (χ1n) is 12.0. The number of aryl methyl sites for hydroxylation is 1. The van der Waals surface area contributed by atoms with Crippen molar-refractivity contribution in [2.45, 2.75) is 38.6 Å². The van der Waals surface area contributed by atoms with Gasteiger partial charge in [-0.1, -0.05) is 12.1 Å². The Bertz CT molecular complexity index is 1200. The smallest absolute Gasteiger partial charge is 0.251 e. The number of nitrogens with zero attached hydrogens (tertiary/aromatic N) is 6. The Kier molecular flexibility index (Phi) is 6.16. The molecule has 34 heavy (non-hydrogen) atoms. The van der Waals surface area contributed by atoms with Crippen molar-refractivity contribution in [3.05, 3.63) is 35.5 Å². The van der Waals surface area contributed by atoms with Gasteiger partial charge in [0, 0.05) is 51.0 Å². The zero-order chi connectivity index (χ0) is 23.8. The lowest BCUT2D eigenvalue weighted by molar-refractivity contribution is 0.0690. The molecule has 1 aliphatic heterocycles.